The molecule has 3 rings (SSSR count). The van der Waals surface area contributed by atoms with Gasteiger partial charge >= 0.3 is 0 Å². The molecule has 1 aliphatic heterocycles. The summed E-state index contributed by atoms with van der Waals surface area (Å²) >= 11 is 1.77. The third-order valence-corrected chi connectivity index (χ3v) is 5.67. The fourth-order valence-electron chi connectivity index (χ4n) is 2.93. The van der Waals surface area contributed by atoms with E-state index in [1.807, 2.05) is 63.2 Å². The molecule has 0 saturated heterocycles. The van der Waals surface area contributed by atoms with E-state index in [1.165, 1.54) is 0 Å². The topological polar surface area (TPSA) is 70.1 Å². The molecule has 0 spiro atoms. The summed E-state index contributed by atoms with van der Waals surface area (Å²) in [6, 6.07) is 16.2. The number of carboxylic acids is 1. The van der Waals surface area contributed by atoms with Crippen molar-refractivity contribution in [2.75, 3.05) is 39.2 Å². The molecule has 1 amide bonds. The first-order valence-corrected chi connectivity index (χ1v) is 11.2. The number of ether oxygens (including phenoxy) is 1. The molecule has 1 atom stereocenters. The number of carbonyl (C=O) groups excluding carboxylic acids is 1. The van der Waals surface area contributed by atoms with E-state index in [-0.39, 0.29) is 11.2 Å². The number of nitrogens with zero attached hydrogens (tertiary/aromatic N) is 2. The van der Waals surface area contributed by atoms with Gasteiger partial charge < -0.3 is 19.6 Å². The maximum absolute atomic E-state index is 13.0. The Balaban J connectivity index is 0.000000720. The van der Waals surface area contributed by atoms with Crippen LogP contribution in [0.2, 0.25) is 0 Å². The van der Waals surface area contributed by atoms with Gasteiger partial charge in [-0.15, -0.1) is 11.8 Å². The van der Waals surface area contributed by atoms with Gasteiger partial charge in [0.2, 0.25) is 5.91 Å². The first kappa shape index (κ1) is 26.5. The van der Waals surface area contributed by atoms with Crippen molar-refractivity contribution in [2.24, 2.45) is 0 Å². The molecule has 1 heterocycles. The van der Waals surface area contributed by atoms with Gasteiger partial charge in [-0.3, -0.25) is 9.59 Å². The van der Waals surface area contributed by atoms with E-state index in [4.69, 9.17) is 14.6 Å². The molecule has 1 N–H and O–H groups in total. The SMILES string of the molecule is CC.CC(=O)O.COc1ccc([C@H]2CC(=O)N(CCN(C)C)c3ccccc3S2)cc1. The van der Waals surface area contributed by atoms with Crippen LogP contribution in [-0.2, 0) is 9.59 Å². The highest BCUT2D eigenvalue weighted by Gasteiger charge is 2.29. The Hall–Kier alpha value is -2.51. The average Bonchev–Trinajstić information content (AvgIpc) is 2.89. The van der Waals surface area contributed by atoms with Crippen LogP contribution >= 0.6 is 11.8 Å². The Morgan fingerprint density at radius 3 is 2.29 bits per heavy atom. The van der Waals surface area contributed by atoms with Gasteiger partial charge in [-0.2, -0.15) is 0 Å². The summed E-state index contributed by atoms with van der Waals surface area (Å²) in [5.74, 6) is 0.182. The molecule has 2 aromatic rings. The molecule has 6 nitrogen and oxygen atoms in total. The van der Waals surface area contributed by atoms with Crippen LogP contribution in [0.3, 0.4) is 0 Å². The Bertz CT molecular complexity index is 821. The smallest absolute Gasteiger partial charge is 0.300 e. The molecular formula is C24H34N2O4S. The fraction of sp³-hybridized carbons (Fsp3) is 0.417. The molecule has 7 heteroatoms. The Labute approximate surface area is 190 Å². The molecule has 0 aliphatic carbocycles. The second kappa shape index (κ2) is 13.7. The summed E-state index contributed by atoms with van der Waals surface area (Å²) in [4.78, 5) is 27.2. The van der Waals surface area contributed by atoms with Crippen molar-refractivity contribution >= 4 is 29.3 Å². The third kappa shape index (κ3) is 8.63. The number of hydrogen-bond acceptors (Lipinski definition) is 5. The summed E-state index contributed by atoms with van der Waals surface area (Å²) < 4.78 is 5.24. The van der Waals surface area contributed by atoms with Crippen LogP contribution in [0.1, 0.15) is 38.0 Å². The number of thioether (sulfide) groups is 1. The number of benzene rings is 2. The Kier molecular flexibility index (Phi) is 11.7. The number of amides is 1. The highest BCUT2D eigenvalue weighted by Crippen LogP contribution is 2.45. The van der Waals surface area contributed by atoms with Crippen LogP contribution in [0, 0.1) is 0 Å². The highest BCUT2D eigenvalue weighted by atomic mass is 32.2. The fourth-order valence-corrected chi connectivity index (χ4v) is 4.21. The van der Waals surface area contributed by atoms with Gasteiger partial charge in [0, 0.05) is 36.6 Å². The predicted molar refractivity (Wildman–Crippen MR) is 128 cm³/mol. The molecule has 0 saturated carbocycles. The quantitative estimate of drug-likeness (QED) is 0.701. The molecule has 0 radical (unpaired) electrons. The summed E-state index contributed by atoms with van der Waals surface area (Å²) in [5.41, 5.74) is 2.18. The van der Waals surface area contributed by atoms with Crippen molar-refractivity contribution < 1.29 is 19.4 Å². The van der Waals surface area contributed by atoms with Gasteiger partial charge in [-0.05, 0) is 43.9 Å². The number of carbonyl (C=O) groups is 2. The lowest BCUT2D eigenvalue weighted by atomic mass is 10.1. The predicted octanol–water partition coefficient (Wildman–Crippen LogP) is 4.94. The molecule has 31 heavy (non-hydrogen) atoms. The van der Waals surface area contributed by atoms with Crippen LogP contribution in [0.25, 0.3) is 0 Å². The lowest BCUT2D eigenvalue weighted by molar-refractivity contribution is -0.134. The number of anilines is 1. The van der Waals surface area contributed by atoms with Gasteiger partial charge in [-0.1, -0.05) is 38.1 Å². The van der Waals surface area contributed by atoms with Gasteiger partial charge in [0.25, 0.3) is 5.97 Å². The van der Waals surface area contributed by atoms with E-state index < -0.39 is 5.97 Å². The van der Waals surface area contributed by atoms with E-state index in [0.717, 1.165) is 35.4 Å². The minimum Gasteiger partial charge on any atom is -0.497 e. The molecular weight excluding hydrogens is 412 g/mol. The van der Waals surface area contributed by atoms with Crippen molar-refractivity contribution in [3.8, 4) is 5.75 Å². The largest absolute Gasteiger partial charge is 0.497 e. The van der Waals surface area contributed by atoms with Crippen LogP contribution < -0.4 is 9.64 Å². The minimum atomic E-state index is -0.833. The van der Waals surface area contributed by atoms with Crippen molar-refractivity contribution in [2.45, 2.75) is 37.3 Å². The van der Waals surface area contributed by atoms with Gasteiger partial charge in [0.05, 0.1) is 12.8 Å². The maximum Gasteiger partial charge on any atom is 0.300 e. The zero-order valence-electron chi connectivity index (χ0n) is 19.3. The van der Waals surface area contributed by atoms with Crippen molar-refractivity contribution in [3.63, 3.8) is 0 Å². The number of rotatable bonds is 5. The number of carboxylic acid groups (broad SMARTS) is 1. The molecule has 0 unspecified atom stereocenters. The summed E-state index contributed by atoms with van der Waals surface area (Å²) in [6.07, 6.45) is 0.499. The number of para-hydroxylation sites is 1. The van der Waals surface area contributed by atoms with Crippen molar-refractivity contribution in [1.29, 1.82) is 0 Å². The van der Waals surface area contributed by atoms with Gasteiger partial charge in [0.1, 0.15) is 5.75 Å². The lowest BCUT2D eigenvalue weighted by Crippen LogP contribution is -2.36. The van der Waals surface area contributed by atoms with E-state index in [0.29, 0.717) is 13.0 Å². The van der Waals surface area contributed by atoms with Crippen LogP contribution in [0.4, 0.5) is 5.69 Å². The van der Waals surface area contributed by atoms with Crippen molar-refractivity contribution in [1.82, 2.24) is 4.90 Å². The normalized spacial score (nSPS) is 15.0. The minimum absolute atomic E-state index is 0.115. The Morgan fingerprint density at radius 1 is 1.16 bits per heavy atom. The first-order chi connectivity index (χ1) is 14.8. The second-order valence-electron chi connectivity index (χ2n) is 6.92. The zero-order chi connectivity index (χ0) is 23.4. The van der Waals surface area contributed by atoms with E-state index in [9.17, 15) is 4.79 Å². The van der Waals surface area contributed by atoms with E-state index in [2.05, 4.69) is 23.1 Å². The first-order valence-electron chi connectivity index (χ1n) is 10.4. The third-order valence-electron chi connectivity index (χ3n) is 4.34. The number of methoxy groups -OCH3 is 1. The number of likely N-dealkylation sites (N-methyl/N-ethyl adjacent to an activating group) is 1. The molecule has 1 aliphatic rings. The Morgan fingerprint density at radius 2 is 1.74 bits per heavy atom. The highest BCUT2D eigenvalue weighted by molar-refractivity contribution is 7.99. The van der Waals surface area contributed by atoms with E-state index in [1.54, 1.807) is 18.9 Å². The number of aliphatic carboxylic acids is 1. The molecule has 0 fully saturated rings. The van der Waals surface area contributed by atoms with Crippen LogP contribution in [0.15, 0.2) is 53.4 Å². The van der Waals surface area contributed by atoms with Gasteiger partial charge in [-0.25, -0.2) is 0 Å². The molecule has 2 aromatic carbocycles. The van der Waals surface area contributed by atoms with E-state index >= 15 is 0 Å². The summed E-state index contributed by atoms with van der Waals surface area (Å²) in [7, 11) is 5.73. The lowest BCUT2D eigenvalue weighted by Gasteiger charge is -2.24. The molecule has 170 valence electrons. The maximum atomic E-state index is 13.0. The summed E-state index contributed by atoms with van der Waals surface area (Å²) in [5, 5.41) is 7.53. The van der Waals surface area contributed by atoms with Crippen molar-refractivity contribution in [3.05, 3.63) is 54.1 Å². The molecule has 0 bridgehead atoms. The average molecular weight is 447 g/mol. The summed E-state index contributed by atoms with van der Waals surface area (Å²) in [6.45, 7) is 6.64. The zero-order valence-corrected chi connectivity index (χ0v) is 20.1. The standard InChI is InChI=1S/C20H24N2O2S.C2H4O2.C2H6/c1-21(2)12-13-22-17-6-4-5-7-18(17)25-19(14-20(22)23)15-8-10-16(24-3)11-9-15;1-2(3)4;1-2/h4-11,19H,12-14H2,1-3H3;1H3,(H,3,4);1-2H3/t19-;;/m1../s1. The monoisotopic (exact) mass is 446 g/mol. The number of fused-ring (bicyclic) bond motifs is 1. The number of hydrogen-bond donors (Lipinski definition) is 1. The van der Waals surface area contributed by atoms with Crippen LogP contribution in [-0.4, -0.2) is 56.2 Å². The van der Waals surface area contributed by atoms with Gasteiger partial charge in [0.15, 0.2) is 0 Å². The van der Waals surface area contributed by atoms with Crippen LogP contribution in [0.5, 0.6) is 5.75 Å². The second-order valence-corrected chi connectivity index (χ2v) is 8.16. The molecule has 0 aromatic heterocycles.